The van der Waals surface area contributed by atoms with Crippen molar-refractivity contribution >= 4 is 11.6 Å². The Hall–Kier alpha value is -1.95. The average Bonchev–Trinajstić information content (AvgIpc) is 2.36. The fraction of sp³-hybridized carbons (Fsp3) is 0.500. The lowest BCUT2D eigenvalue weighted by molar-refractivity contribution is -0.385. The number of nitro groups is 1. The van der Waals surface area contributed by atoms with Gasteiger partial charge in [-0.3, -0.25) is 14.9 Å². The van der Waals surface area contributed by atoms with Crippen molar-refractivity contribution in [1.82, 2.24) is 4.90 Å². The molecule has 0 spiro atoms. The van der Waals surface area contributed by atoms with Crippen LogP contribution >= 0.6 is 0 Å². The number of ether oxygens (including phenoxy) is 1. The summed E-state index contributed by atoms with van der Waals surface area (Å²) in [5, 5.41) is 10.8. The minimum Gasteiger partial charge on any atom is -0.372 e. The Labute approximate surface area is 117 Å². The minimum absolute atomic E-state index is 0.00171. The second-order valence-electron chi connectivity index (χ2n) is 5.23. The lowest BCUT2D eigenvalue weighted by Gasteiger charge is -2.35. The highest BCUT2D eigenvalue weighted by Gasteiger charge is 2.27. The first kappa shape index (κ1) is 14.5. The predicted octanol–water partition coefficient (Wildman–Crippen LogP) is 2.15. The van der Waals surface area contributed by atoms with Gasteiger partial charge in [0.05, 0.1) is 17.1 Å². The molecule has 6 heteroatoms. The Bertz CT molecular complexity index is 534. The van der Waals surface area contributed by atoms with Crippen molar-refractivity contribution in [2.45, 2.75) is 33.0 Å². The van der Waals surface area contributed by atoms with E-state index < -0.39 is 4.92 Å². The van der Waals surface area contributed by atoms with E-state index in [1.165, 1.54) is 12.1 Å². The second kappa shape index (κ2) is 5.58. The van der Waals surface area contributed by atoms with Crippen LogP contribution in [0, 0.1) is 17.0 Å². The zero-order valence-electron chi connectivity index (χ0n) is 11.8. The number of aryl methyl sites for hydroxylation is 1. The first-order valence-corrected chi connectivity index (χ1v) is 6.58. The number of nitro benzene ring substituents is 1. The van der Waals surface area contributed by atoms with E-state index in [-0.39, 0.29) is 23.8 Å². The predicted molar refractivity (Wildman–Crippen MR) is 73.7 cm³/mol. The maximum absolute atomic E-state index is 12.4. The second-order valence-corrected chi connectivity index (χ2v) is 5.23. The van der Waals surface area contributed by atoms with Crippen LogP contribution in [0.5, 0.6) is 0 Å². The van der Waals surface area contributed by atoms with Crippen LogP contribution < -0.4 is 0 Å². The summed E-state index contributed by atoms with van der Waals surface area (Å²) in [5.74, 6) is -0.106. The van der Waals surface area contributed by atoms with Crippen molar-refractivity contribution in [2.24, 2.45) is 0 Å². The maximum atomic E-state index is 12.4. The number of morpholine rings is 1. The van der Waals surface area contributed by atoms with Crippen molar-refractivity contribution in [1.29, 1.82) is 0 Å². The number of carbonyl (C=O) groups excluding carboxylic acids is 1. The Morgan fingerprint density at radius 3 is 2.45 bits per heavy atom. The number of amides is 1. The van der Waals surface area contributed by atoms with Crippen LogP contribution in [-0.2, 0) is 4.74 Å². The monoisotopic (exact) mass is 278 g/mol. The smallest absolute Gasteiger partial charge is 0.272 e. The van der Waals surface area contributed by atoms with Crippen LogP contribution in [-0.4, -0.2) is 41.0 Å². The fourth-order valence-electron chi connectivity index (χ4n) is 2.52. The van der Waals surface area contributed by atoms with Gasteiger partial charge >= 0.3 is 0 Å². The Morgan fingerprint density at radius 2 is 1.95 bits per heavy atom. The van der Waals surface area contributed by atoms with Gasteiger partial charge in [-0.1, -0.05) is 0 Å². The van der Waals surface area contributed by atoms with Crippen LogP contribution in [0.2, 0.25) is 0 Å². The third-order valence-corrected chi connectivity index (χ3v) is 3.35. The van der Waals surface area contributed by atoms with E-state index in [9.17, 15) is 14.9 Å². The molecule has 0 radical (unpaired) electrons. The molecule has 0 bridgehead atoms. The molecule has 2 atom stereocenters. The highest BCUT2D eigenvalue weighted by Crippen LogP contribution is 2.21. The van der Waals surface area contributed by atoms with Gasteiger partial charge in [0.15, 0.2) is 0 Å². The molecule has 1 aliphatic heterocycles. The SMILES string of the molecule is Cc1cc(C(=O)N2CC(C)OC(C)C2)ccc1[N+](=O)[O-]. The summed E-state index contributed by atoms with van der Waals surface area (Å²) in [6, 6.07) is 4.47. The van der Waals surface area contributed by atoms with Gasteiger partial charge < -0.3 is 9.64 Å². The summed E-state index contributed by atoms with van der Waals surface area (Å²) in [5.41, 5.74) is 1.01. The minimum atomic E-state index is -0.442. The zero-order chi connectivity index (χ0) is 14.9. The molecule has 0 saturated carbocycles. The molecule has 1 aromatic rings. The molecule has 1 fully saturated rings. The van der Waals surface area contributed by atoms with Gasteiger partial charge in [0.2, 0.25) is 0 Å². The van der Waals surface area contributed by atoms with E-state index in [4.69, 9.17) is 4.74 Å². The van der Waals surface area contributed by atoms with Crippen LogP contribution in [0.25, 0.3) is 0 Å². The van der Waals surface area contributed by atoms with E-state index in [1.807, 2.05) is 13.8 Å². The molecule has 0 aliphatic carbocycles. The average molecular weight is 278 g/mol. The molecular weight excluding hydrogens is 260 g/mol. The molecule has 1 heterocycles. The van der Waals surface area contributed by atoms with Gasteiger partial charge in [0.1, 0.15) is 0 Å². The van der Waals surface area contributed by atoms with Crippen LogP contribution in [0.3, 0.4) is 0 Å². The number of nitrogens with zero attached hydrogens (tertiary/aromatic N) is 2. The number of rotatable bonds is 2. The summed E-state index contributed by atoms with van der Waals surface area (Å²) in [6.45, 7) is 6.58. The summed E-state index contributed by atoms with van der Waals surface area (Å²) in [4.78, 5) is 24.5. The summed E-state index contributed by atoms with van der Waals surface area (Å²) in [7, 11) is 0. The van der Waals surface area contributed by atoms with E-state index in [2.05, 4.69) is 0 Å². The quantitative estimate of drug-likeness (QED) is 0.613. The molecular formula is C14H18N2O4. The van der Waals surface area contributed by atoms with Crippen LogP contribution in [0.15, 0.2) is 18.2 Å². The van der Waals surface area contributed by atoms with Gasteiger partial charge in [-0.2, -0.15) is 0 Å². The third kappa shape index (κ3) is 2.96. The van der Waals surface area contributed by atoms with Gasteiger partial charge in [-0.25, -0.2) is 0 Å². The molecule has 108 valence electrons. The van der Waals surface area contributed by atoms with E-state index in [1.54, 1.807) is 17.9 Å². The number of hydrogen-bond donors (Lipinski definition) is 0. The van der Waals surface area contributed by atoms with E-state index in [0.717, 1.165) is 0 Å². The van der Waals surface area contributed by atoms with Crippen LogP contribution in [0.4, 0.5) is 5.69 Å². The summed E-state index contributed by atoms with van der Waals surface area (Å²) in [6.07, 6.45) is 0.00342. The number of carbonyl (C=O) groups is 1. The molecule has 20 heavy (non-hydrogen) atoms. The van der Waals surface area contributed by atoms with Gasteiger partial charge in [-0.05, 0) is 32.9 Å². The lowest BCUT2D eigenvalue weighted by atomic mass is 10.1. The van der Waals surface area contributed by atoms with Crippen molar-refractivity contribution < 1.29 is 14.5 Å². The molecule has 2 rings (SSSR count). The van der Waals surface area contributed by atoms with Gasteiger partial charge in [0.25, 0.3) is 11.6 Å². The van der Waals surface area contributed by atoms with E-state index >= 15 is 0 Å². The van der Waals surface area contributed by atoms with Crippen molar-refractivity contribution in [3.63, 3.8) is 0 Å². The molecule has 1 aliphatic rings. The highest BCUT2D eigenvalue weighted by molar-refractivity contribution is 5.94. The molecule has 1 amide bonds. The third-order valence-electron chi connectivity index (χ3n) is 3.35. The Kier molecular flexibility index (Phi) is 4.04. The molecule has 6 nitrogen and oxygen atoms in total. The van der Waals surface area contributed by atoms with E-state index in [0.29, 0.717) is 24.2 Å². The van der Waals surface area contributed by atoms with Crippen molar-refractivity contribution in [3.8, 4) is 0 Å². The van der Waals surface area contributed by atoms with Crippen molar-refractivity contribution in [3.05, 3.63) is 39.4 Å². The van der Waals surface area contributed by atoms with Crippen LogP contribution in [0.1, 0.15) is 29.8 Å². The van der Waals surface area contributed by atoms with Gasteiger partial charge in [-0.15, -0.1) is 0 Å². The zero-order valence-corrected chi connectivity index (χ0v) is 11.8. The topological polar surface area (TPSA) is 72.7 Å². The molecule has 2 unspecified atom stereocenters. The standard InChI is InChI=1S/C14H18N2O4/c1-9-6-12(4-5-13(9)16(18)19)14(17)15-7-10(2)20-11(3)8-15/h4-6,10-11H,7-8H2,1-3H3. The van der Waals surface area contributed by atoms with Crippen molar-refractivity contribution in [2.75, 3.05) is 13.1 Å². The first-order chi connectivity index (χ1) is 9.38. The Morgan fingerprint density at radius 1 is 1.35 bits per heavy atom. The largest absolute Gasteiger partial charge is 0.372 e. The van der Waals surface area contributed by atoms with Gasteiger partial charge in [0, 0.05) is 30.3 Å². The first-order valence-electron chi connectivity index (χ1n) is 6.58. The maximum Gasteiger partial charge on any atom is 0.272 e. The molecule has 0 aromatic heterocycles. The number of benzene rings is 1. The molecule has 1 saturated heterocycles. The Balaban J connectivity index is 2.21. The normalized spacial score (nSPS) is 22.6. The summed E-state index contributed by atoms with van der Waals surface area (Å²) >= 11 is 0. The highest BCUT2D eigenvalue weighted by atomic mass is 16.6. The lowest BCUT2D eigenvalue weighted by Crippen LogP contribution is -2.48. The summed E-state index contributed by atoms with van der Waals surface area (Å²) < 4.78 is 5.59. The molecule has 0 N–H and O–H groups in total. The molecule has 1 aromatic carbocycles. The fourth-order valence-corrected chi connectivity index (χ4v) is 2.52. The number of hydrogen-bond acceptors (Lipinski definition) is 4.